The fraction of sp³-hybridized carbons (Fsp3) is 0.680. The lowest BCUT2D eigenvalue weighted by Gasteiger charge is -2.20. The monoisotopic (exact) mass is 586 g/mol. The fourth-order valence-corrected chi connectivity index (χ4v) is 3.45. The Hall–Kier alpha value is -3.10. The van der Waals surface area contributed by atoms with Gasteiger partial charge in [-0.1, -0.05) is 13.8 Å². The number of nitrogens with zero attached hydrogens (tertiary/aromatic N) is 3. The Morgan fingerprint density at radius 3 is 1.95 bits per heavy atom. The van der Waals surface area contributed by atoms with E-state index in [1.54, 1.807) is 4.90 Å². The van der Waals surface area contributed by atoms with Gasteiger partial charge in [0.15, 0.2) is 0 Å². The molecule has 1 saturated carbocycles. The number of pyridine rings is 1. The molecule has 228 valence electrons. The summed E-state index contributed by atoms with van der Waals surface area (Å²) < 4.78 is 63.5. The SMILES string of the molecule is CC(C)CCN1CCc2cc(C(=O)N(C)C)c(NCC3CC3)nc2CC1.O=C(O)C(F)(F)F.O=C(O)C(F)(F)F. The molecule has 2 aliphatic rings. The van der Waals surface area contributed by atoms with E-state index in [4.69, 9.17) is 24.8 Å². The molecule has 0 radical (unpaired) electrons. The highest BCUT2D eigenvalue weighted by atomic mass is 19.4. The number of hydrogen-bond donors (Lipinski definition) is 3. The summed E-state index contributed by atoms with van der Waals surface area (Å²) in [4.78, 5) is 39.6. The van der Waals surface area contributed by atoms with Gasteiger partial charge in [-0.15, -0.1) is 0 Å². The first-order valence-corrected chi connectivity index (χ1v) is 12.6. The number of aromatic nitrogens is 1. The van der Waals surface area contributed by atoms with Crippen molar-refractivity contribution < 1.29 is 50.9 Å². The van der Waals surface area contributed by atoms with Crippen LogP contribution in [0.2, 0.25) is 0 Å². The highest BCUT2D eigenvalue weighted by molar-refractivity contribution is 5.98. The van der Waals surface area contributed by atoms with E-state index in [-0.39, 0.29) is 5.91 Å². The molecule has 0 saturated heterocycles. The Bertz CT molecular complexity index is 987. The van der Waals surface area contributed by atoms with Crippen LogP contribution in [0, 0.1) is 11.8 Å². The zero-order valence-corrected chi connectivity index (χ0v) is 22.8. The molecular formula is C25H36F6N4O5. The van der Waals surface area contributed by atoms with Crippen molar-refractivity contribution in [3.05, 3.63) is 22.9 Å². The summed E-state index contributed by atoms with van der Waals surface area (Å²) >= 11 is 0. The smallest absolute Gasteiger partial charge is 0.475 e. The van der Waals surface area contributed by atoms with Crippen molar-refractivity contribution in [2.24, 2.45) is 11.8 Å². The van der Waals surface area contributed by atoms with Gasteiger partial charge >= 0.3 is 24.3 Å². The second kappa shape index (κ2) is 15.1. The summed E-state index contributed by atoms with van der Waals surface area (Å²) in [5.41, 5.74) is 3.15. The molecule has 0 aromatic carbocycles. The number of aliphatic carboxylic acids is 2. The van der Waals surface area contributed by atoms with Gasteiger partial charge in [-0.25, -0.2) is 14.6 Å². The number of carboxylic acid groups (broad SMARTS) is 2. The maximum absolute atomic E-state index is 12.7. The van der Waals surface area contributed by atoms with Gasteiger partial charge in [0.25, 0.3) is 5.91 Å². The summed E-state index contributed by atoms with van der Waals surface area (Å²) in [6, 6.07) is 2.10. The molecule has 3 rings (SSSR count). The van der Waals surface area contributed by atoms with Crippen LogP contribution >= 0.6 is 0 Å². The van der Waals surface area contributed by atoms with E-state index >= 15 is 0 Å². The van der Waals surface area contributed by atoms with Crippen molar-refractivity contribution in [2.75, 3.05) is 45.6 Å². The first kappa shape index (κ1) is 34.9. The van der Waals surface area contributed by atoms with Gasteiger partial charge in [-0.3, -0.25) is 4.79 Å². The Balaban J connectivity index is 0.000000473. The molecule has 0 spiro atoms. The van der Waals surface area contributed by atoms with E-state index in [2.05, 4.69) is 30.1 Å². The van der Waals surface area contributed by atoms with Crippen LogP contribution in [-0.2, 0) is 22.4 Å². The average molecular weight is 587 g/mol. The summed E-state index contributed by atoms with van der Waals surface area (Å²) in [7, 11) is 3.62. The van der Waals surface area contributed by atoms with Crippen LogP contribution in [0.15, 0.2) is 6.07 Å². The van der Waals surface area contributed by atoms with Gasteiger partial charge in [-0.2, -0.15) is 26.3 Å². The number of carbonyl (C=O) groups is 3. The normalized spacial score (nSPS) is 15.5. The second-order valence-electron chi connectivity index (χ2n) is 10.1. The van der Waals surface area contributed by atoms with E-state index in [9.17, 15) is 31.1 Å². The molecule has 9 nitrogen and oxygen atoms in total. The number of carboxylic acids is 2. The Labute approximate surface area is 228 Å². The fourth-order valence-electron chi connectivity index (χ4n) is 3.45. The van der Waals surface area contributed by atoms with E-state index < -0.39 is 24.3 Å². The quantitative estimate of drug-likeness (QED) is 0.404. The molecular weight excluding hydrogens is 550 g/mol. The van der Waals surface area contributed by atoms with E-state index in [1.165, 1.54) is 30.5 Å². The van der Waals surface area contributed by atoms with E-state index in [0.29, 0.717) is 0 Å². The molecule has 40 heavy (non-hydrogen) atoms. The van der Waals surface area contributed by atoms with Crippen LogP contribution < -0.4 is 5.32 Å². The maximum Gasteiger partial charge on any atom is 0.490 e. The molecule has 1 aromatic heterocycles. The number of rotatable bonds is 7. The molecule has 0 bridgehead atoms. The molecule has 3 N–H and O–H groups in total. The minimum absolute atomic E-state index is 0.0412. The maximum atomic E-state index is 12.7. The van der Waals surface area contributed by atoms with E-state index in [1.807, 2.05) is 14.1 Å². The standard InChI is InChI=1S/C21H34N4O.2C2HF3O2/c1-15(2)7-10-25-11-8-17-13-18(21(26)24(3)4)20(22-14-16-5-6-16)23-19(17)9-12-25;2*3-2(4,5)1(6)7/h13,15-16H,5-12,14H2,1-4H3,(H,22,23);2*(H,6,7). The van der Waals surface area contributed by atoms with Crippen molar-refractivity contribution in [2.45, 2.75) is 58.3 Å². The third-order valence-corrected chi connectivity index (χ3v) is 5.95. The number of alkyl halides is 6. The number of hydrogen-bond acceptors (Lipinski definition) is 6. The van der Waals surface area contributed by atoms with Crippen LogP contribution in [0.1, 0.15) is 54.7 Å². The zero-order valence-electron chi connectivity index (χ0n) is 22.8. The Morgan fingerprint density at radius 1 is 1.02 bits per heavy atom. The molecule has 1 aliphatic heterocycles. The van der Waals surface area contributed by atoms with Gasteiger partial charge < -0.3 is 25.3 Å². The lowest BCUT2D eigenvalue weighted by Crippen LogP contribution is -2.28. The topological polar surface area (TPSA) is 123 Å². The molecule has 1 aromatic rings. The third-order valence-electron chi connectivity index (χ3n) is 5.95. The number of carbonyl (C=O) groups excluding carboxylic acids is 1. The first-order valence-electron chi connectivity index (χ1n) is 12.6. The predicted octanol–water partition coefficient (Wildman–Crippen LogP) is 4.32. The van der Waals surface area contributed by atoms with Crippen molar-refractivity contribution in [3.63, 3.8) is 0 Å². The number of anilines is 1. The number of fused-ring (bicyclic) bond motifs is 1. The number of nitrogens with one attached hydrogen (secondary N) is 1. The molecule has 1 amide bonds. The van der Waals surface area contributed by atoms with Crippen molar-refractivity contribution >= 4 is 23.7 Å². The van der Waals surface area contributed by atoms with Gasteiger partial charge in [0.05, 0.1) is 5.56 Å². The summed E-state index contributed by atoms with van der Waals surface area (Å²) in [5, 5.41) is 17.7. The second-order valence-corrected chi connectivity index (χ2v) is 10.1. The minimum Gasteiger partial charge on any atom is -0.475 e. The molecule has 15 heteroatoms. The number of amides is 1. The largest absolute Gasteiger partial charge is 0.490 e. The van der Waals surface area contributed by atoms with Crippen molar-refractivity contribution in [1.82, 2.24) is 14.8 Å². The van der Waals surface area contributed by atoms with Crippen molar-refractivity contribution in [3.8, 4) is 0 Å². The highest BCUT2D eigenvalue weighted by Gasteiger charge is 2.38. The molecule has 0 atom stereocenters. The number of halogens is 6. The predicted molar refractivity (Wildman–Crippen MR) is 134 cm³/mol. The summed E-state index contributed by atoms with van der Waals surface area (Å²) in [6.07, 6.45) is -4.39. The van der Waals surface area contributed by atoms with Gasteiger partial charge in [0, 0.05) is 45.8 Å². The van der Waals surface area contributed by atoms with Crippen LogP contribution in [0.3, 0.4) is 0 Å². The lowest BCUT2D eigenvalue weighted by molar-refractivity contribution is -0.193. The van der Waals surface area contributed by atoms with Crippen LogP contribution in [0.4, 0.5) is 32.2 Å². The van der Waals surface area contributed by atoms with Gasteiger partial charge in [-0.05, 0) is 55.7 Å². The third kappa shape index (κ3) is 12.8. The lowest BCUT2D eigenvalue weighted by atomic mass is 10.0. The minimum atomic E-state index is -5.08. The van der Waals surface area contributed by atoms with Crippen LogP contribution in [-0.4, -0.2) is 95.5 Å². The van der Waals surface area contributed by atoms with Crippen molar-refractivity contribution in [1.29, 1.82) is 0 Å². The van der Waals surface area contributed by atoms with Crippen LogP contribution in [0.5, 0.6) is 0 Å². The zero-order chi connectivity index (χ0) is 30.8. The summed E-state index contributed by atoms with van der Waals surface area (Å²) in [6.45, 7) is 8.78. The molecule has 0 unspecified atom stereocenters. The Morgan fingerprint density at radius 2 is 1.52 bits per heavy atom. The molecule has 2 heterocycles. The van der Waals surface area contributed by atoms with Gasteiger partial charge in [0.2, 0.25) is 0 Å². The van der Waals surface area contributed by atoms with E-state index in [0.717, 1.165) is 62.2 Å². The Kier molecular flexibility index (Phi) is 13.1. The van der Waals surface area contributed by atoms with Crippen LogP contribution in [0.25, 0.3) is 0 Å². The first-order chi connectivity index (χ1) is 18.3. The van der Waals surface area contributed by atoms with Gasteiger partial charge in [0.1, 0.15) is 5.82 Å². The molecule has 1 aliphatic carbocycles. The summed E-state index contributed by atoms with van der Waals surface area (Å²) in [5.74, 6) is -3.20. The highest BCUT2D eigenvalue weighted by Crippen LogP contribution is 2.30. The average Bonchev–Trinajstić information content (AvgIpc) is 3.67. The molecule has 1 fully saturated rings.